The second kappa shape index (κ2) is 4.86. The van der Waals surface area contributed by atoms with Crippen LogP contribution in [0.25, 0.3) is 0 Å². The molecule has 2 rings (SSSR count). The fourth-order valence-corrected chi connectivity index (χ4v) is 4.59. The fourth-order valence-electron chi connectivity index (χ4n) is 2.21. The van der Waals surface area contributed by atoms with Gasteiger partial charge in [0.1, 0.15) is 0 Å². The predicted molar refractivity (Wildman–Crippen MR) is 70.4 cm³/mol. The minimum Gasteiger partial charge on any atom is -0.225 e. The Balaban J connectivity index is 2.47. The van der Waals surface area contributed by atoms with E-state index in [9.17, 15) is 16.8 Å². The first kappa shape index (κ1) is 14.4. The molecule has 106 valence electrons. The number of rotatable bonds is 3. The Morgan fingerprint density at radius 3 is 2.37 bits per heavy atom. The Kier molecular flexibility index (Phi) is 3.69. The van der Waals surface area contributed by atoms with Crippen LogP contribution in [0.15, 0.2) is 34.1 Å². The number of primary sulfonamides is 1. The summed E-state index contributed by atoms with van der Waals surface area (Å²) in [5.41, 5.74) is 0. The molecule has 1 unspecified atom stereocenters. The molecular formula is C11H16N2O4S2. The zero-order valence-corrected chi connectivity index (χ0v) is 12.1. The predicted octanol–water partition coefficient (Wildman–Crippen LogP) is 0.507. The Bertz CT molecular complexity index is 682. The molecule has 0 amide bonds. The van der Waals surface area contributed by atoms with E-state index in [1.165, 1.54) is 22.5 Å². The van der Waals surface area contributed by atoms with E-state index >= 15 is 0 Å². The first-order valence-corrected chi connectivity index (χ1v) is 8.86. The molecule has 0 bridgehead atoms. The summed E-state index contributed by atoms with van der Waals surface area (Å²) in [4.78, 5) is -0.229. The quantitative estimate of drug-likeness (QED) is 0.879. The van der Waals surface area contributed by atoms with E-state index in [0.717, 1.165) is 18.9 Å². The Morgan fingerprint density at radius 1 is 1.21 bits per heavy atom. The normalized spacial score (nSPS) is 21.7. The minimum atomic E-state index is -3.91. The van der Waals surface area contributed by atoms with Crippen molar-refractivity contribution in [2.75, 3.05) is 6.54 Å². The lowest BCUT2D eigenvalue weighted by Crippen LogP contribution is -2.33. The van der Waals surface area contributed by atoms with Gasteiger partial charge in [0, 0.05) is 12.6 Å². The molecule has 1 aliphatic heterocycles. The van der Waals surface area contributed by atoms with Gasteiger partial charge in [-0.25, -0.2) is 22.0 Å². The van der Waals surface area contributed by atoms with Gasteiger partial charge in [0.15, 0.2) is 0 Å². The largest absolute Gasteiger partial charge is 0.243 e. The van der Waals surface area contributed by atoms with Crippen LogP contribution in [0.2, 0.25) is 0 Å². The van der Waals surface area contributed by atoms with Crippen molar-refractivity contribution >= 4 is 20.0 Å². The summed E-state index contributed by atoms with van der Waals surface area (Å²) < 4.78 is 48.8. The lowest BCUT2D eigenvalue weighted by Gasteiger charge is -2.21. The SMILES string of the molecule is CC1CCCN1S(=O)(=O)c1cccc(S(N)(=O)=O)c1. The standard InChI is InChI=1S/C11H16N2O4S2/c1-9-4-3-7-13(9)19(16,17)11-6-2-5-10(8-11)18(12,14)15/h2,5-6,8-9H,3-4,7H2,1H3,(H2,12,14,15). The van der Waals surface area contributed by atoms with Gasteiger partial charge in [-0.15, -0.1) is 0 Å². The van der Waals surface area contributed by atoms with Gasteiger partial charge in [-0.3, -0.25) is 0 Å². The van der Waals surface area contributed by atoms with Gasteiger partial charge < -0.3 is 0 Å². The lowest BCUT2D eigenvalue weighted by molar-refractivity contribution is 0.408. The van der Waals surface area contributed by atoms with Crippen molar-refractivity contribution in [1.29, 1.82) is 0 Å². The van der Waals surface area contributed by atoms with Crippen LogP contribution in [-0.2, 0) is 20.0 Å². The third-order valence-corrected chi connectivity index (χ3v) is 6.15. The molecule has 0 spiro atoms. The third-order valence-electron chi connectivity index (χ3n) is 3.23. The molecule has 0 aromatic heterocycles. The van der Waals surface area contributed by atoms with Gasteiger partial charge in [-0.1, -0.05) is 6.07 Å². The number of nitrogens with two attached hydrogens (primary N) is 1. The molecule has 0 aliphatic carbocycles. The van der Waals surface area contributed by atoms with Crippen molar-refractivity contribution in [3.8, 4) is 0 Å². The number of nitrogens with zero attached hydrogens (tertiary/aromatic N) is 1. The molecule has 1 atom stereocenters. The highest BCUT2D eigenvalue weighted by atomic mass is 32.2. The highest BCUT2D eigenvalue weighted by Crippen LogP contribution is 2.26. The molecule has 1 aromatic carbocycles. The fraction of sp³-hybridized carbons (Fsp3) is 0.455. The van der Waals surface area contributed by atoms with E-state index in [-0.39, 0.29) is 15.8 Å². The van der Waals surface area contributed by atoms with Crippen molar-refractivity contribution in [1.82, 2.24) is 4.31 Å². The van der Waals surface area contributed by atoms with Gasteiger partial charge in [-0.2, -0.15) is 4.31 Å². The molecule has 1 saturated heterocycles. The van der Waals surface area contributed by atoms with Crippen LogP contribution in [0.3, 0.4) is 0 Å². The molecule has 2 N–H and O–H groups in total. The topological polar surface area (TPSA) is 97.5 Å². The average molecular weight is 304 g/mol. The van der Waals surface area contributed by atoms with Crippen LogP contribution >= 0.6 is 0 Å². The summed E-state index contributed by atoms with van der Waals surface area (Å²) in [6.45, 7) is 2.30. The molecule has 19 heavy (non-hydrogen) atoms. The van der Waals surface area contributed by atoms with Crippen molar-refractivity contribution in [3.63, 3.8) is 0 Å². The smallest absolute Gasteiger partial charge is 0.225 e. The van der Waals surface area contributed by atoms with Gasteiger partial charge in [0.2, 0.25) is 20.0 Å². The molecule has 0 saturated carbocycles. The van der Waals surface area contributed by atoms with Crippen molar-refractivity contribution in [3.05, 3.63) is 24.3 Å². The molecular weight excluding hydrogens is 288 g/mol. The van der Waals surface area contributed by atoms with Crippen molar-refractivity contribution < 1.29 is 16.8 Å². The number of hydrogen-bond acceptors (Lipinski definition) is 4. The monoisotopic (exact) mass is 304 g/mol. The summed E-state index contributed by atoms with van der Waals surface area (Å²) in [6.07, 6.45) is 1.63. The van der Waals surface area contributed by atoms with Crippen molar-refractivity contribution in [2.24, 2.45) is 5.14 Å². The molecule has 1 fully saturated rings. The highest BCUT2D eigenvalue weighted by molar-refractivity contribution is 7.90. The Hall–Kier alpha value is -0.960. The van der Waals surface area contributed by atoms with Gasteiger partial charge in [-0.05, 0) is 38.0 Å². The van der Waals surface area contributed by atoms with Crippen LogP contribution < -0.4 is 5.14 Å². The third kappa shape index (κ3) is 2.81. The summed E-state index contributed by atoms with van der Waals surface area (Å²) in [7, 11) is -7.56. The number of hydrogen-bond donors (Lipinski definition) is 1. The van der Waals surface area contributed by atoms with Crippen LogP contribution in [0.1, 0.15) is 19.8 Å². The van der Waals surface area contributed by atoms with Gasteiger partial charge in [0.05, 0.1) is 9.79 Å². The van der Waals surface area contributed by atoms with Crippen LogP contribution in [0.4, 0.5) is 0 Å². The summed E-state index contributed by atoms with van der Waals surface area (Å²) in [5.74, 6) is 0. The molecule has 6 nitrogen and oxygen atoms in total. The van der Waals surface area contributed by atoms with Gasteiger partial charge >= 0.3 is 0 Å². The maximum Gasteiger partial charge on any atom is 0.243 e. The zero-order chi connectivity index (χ0) is 14.3. The first-order valence-electron chi connectivity index (χ1n) is 5.87. The van der Waals surface area contributed by atoms with Gasteiger partial charge in [0.25, 0.3) is 0 Å². The van der Waals surface area contributed by atoms with Crippen LogP contribution in [0.5, 0.6) is 0 Å². The van der Waals surface area contributed by atoms with E-state index < -0.39 is 20.0 Å². The van der Waals surface area contributed by atoms with E-state index in [2.05, 4.69) is 0 Å². The number of benzene rings is 1. The second-order valence-electron chi connectivity index (χ2n) is 4.63. The molecule has 1 aromatic rings. The number of sulfonamides is 2. The van der Waals surface area contributed by atoms with Crippen molar-refractivity contribution in [2.45, 2.75) is 35.6 Å². The van der Waals surface area contributed by atoms with Crippen LogP contribution in [0, 0.1) is 0 Å². The zero-order valence-electron chi connectivity index (χ0n) is 10.5. The van der Waals surface area contributed by atoms with E-state index in [4.69, 9.17) is 5.14 Å². The average Bonchev–Trinajstić information content (AvgIpc) is 2.75. The van der Waals surface area contributed by atoms with E-state index in [1.807, 2.05) is 6.92 Å². The molecule has 1 aliphatic rings. The van der Waals surface area contributed by atoms with E-state index in [0.29, 0.717) is 6.54 Å². The summed E-state index contributed by atoms with van der Waals surface area (Å²) in [6, 6.07) is 5.09. The Morgan fingerprint density at radius 2 is 1.84 bits per heavy atom. The maximum atomic E-state index is 12.4. The lowest BCUT2D eigenvalue weighted by atomic mass is 10.3. The second-order valence-corrected chi connectivity index (χ2v) is 8.08. The summed E-state index contributed by atoms with van der Waals surface area (Å²) >= 11 is 0. The maximum absolute atomic E-state index is 12.4. The first-order chi connectivity index (χ1) is 8.73. The molecule has 0 radical (unpaired) electrons. The van der Waals surface area contributed by atoms with E-state index in [1.54, 1.807) is 0 Å². The minimum absolute atomic E-state index is 0.0345. The van der Waals surface area contributed by atoms with Crippen LogP contribution in [-0.4, -0.2) is 33.7 Å². The summed E-state index contributed by atoms with van der Waals surface area (Å²) in [5, 5.41) is 5.01. The molecule has 8 heteroatoms. The highest BCUT2D eigenvalue weighted by Gasteiger charge is 2.32. The molecule has 1 heterocycles. The Labute approximate surface area is 113 Å².